The Kier molecular flexibility index (Phi) is 4.40. The molecule has 2 aromatic heterocycles. The Hall–Kier alpha value is -2.44. The van der Waals surface area contributed by atoms with Crippen LogP contribution >= 0.6 is 0 Å². The summed E-state index contributed by atoms with van der Waals surface area (Å²) in [5.41, 5.74) is 1.95. The third kappa shape index (κ3) is 3.55. The van der Waals surface area contributed by atoms with Crippen molar-refractivity contribution in [2.24, 2.45) is 0 Å². The number of rotatable bonds is 5. The maximum atomic E-state index is 5.85. The van der Waals surface area contributed by atoms with Gasteiger partial charge in [-0.25, -0.2) is 4.98 Å². The number of aromatic nitrogens is 3. The average Bonchev–Trinajstić information content (AvgIpc) is 3.28. The molecular formula is C18H20N4O2. The second-order valence-corrected chi connectivity index (χ2v) is 5.97. The molecule has 0 saturated carbocycles. The summed E-state index contributed by atoms with van der Waals surface area (Å²) in [6, 6.07) is 11.9. The molecular weight excluding hydrogens is 304 g/mol. The Labute approximate surface area is 140 Å². The highest BCUT2D eigenvalue weighted by Crippen LogP contribution is 2.19. The third-order valence-corrected chi connectivity index (χ3v) is 4.13. The Morgan fingerprint density at radius 1 is 1.17 bits per heavy atom. The molecule has 1 fully saturated rings. The molecule has 0 spiro atoms. The fraction of sp³-hybridized carbons (Fsp3) is 0.333. The average molecular weight is 324 g/mol. The topological polar surface area (TPSA) is 56.3 Å². The molecule has 6 heteroatoms. The van der Waals surface area contributed by atoms with Crippen LogP contribution in [0.5, 0.6) is 0 Å². The highest BCUT2D eigenvalue weighted by atomic mass is 16.5. The third-order valence-electron chi connectivity index (χ3n) is 4.13. The van der Waals surface area contributed by atoms with E-state index in [9.17, 15) is 0 Å². The molecule has 1 aliphatic rings. The van der Waals surface area contributed by atoms with E-state index >= 15 is 0 Å². The van der Waals surface area contributed by atoms with Crippen molar-refractivity contribution in [2.75, 3.05) is 19.7 Å². The quantitative estimate of drug-likeness (QED) is 0.721. The molecule has 0 bridgehead atoms. The number of benzene rings is 1. The van der Waals surface area contributed by atoms with Crippen molar-refractivity contribution in [2.45, 2.75) is 19.2 Å². The molecule has 0 N–H and O–H groups in total. The monoisotopic (exact) mass is 324 g/mol. The first-order valence-electron chi connectivity index (χ1n) is 8.18. The van der Waals surface area contributed by atoms with E-state index in [-0.39, 0.29) is 6.10 Å². The van der Waals surface area contributed by atoms with Crippen molar-refractivity contribution >= 4 is 0 Å². The molecule has 3 aromatic rings. The second-order valence-electron chi connectivity index (χ2n) is 5.97. The summed E-state index contributed by atoms with van der Waals surface area (Å²) >= 11 is 0. The van der Waals surface area contributed by atoms with E-state index in [0.29, 0.717) is 5.89 Å². The minimum Gasteiger partial charge on any atom is -0.444 e. The lowest BCUT2D eigenvalue weighted by Gasteiger charge is -2.32. The van der Waals surface area contributed by atoms with Crippen LogP contribution in [0.2, 0.25) is 0 Å². The van der Waals surface area contributed by atoms with Gasteiger partial charge in [-0.3, -0.25) is 9.58 Å². The first-order valence-corrected chi connectivity index (χ1v) is 8.18. The summed E-state index contributed by atoms with van der Waals surface area (Å²) in [4.78, 5) is 6.96. The summed E-state index contributed by atoms with van der Waals surface area (Å²) in [5.74, 6) is 0.673. The standard InChI is InChI=1S/C18H20N4O2/c1-2-5-15(6-3-1)18-20-16(14-24-18)11-21-9-10-23-17(12-21)13-22-8-4-7-19-22/h1-8,14,17H,9-13H2/t17-/m0/s1. The molecule has 0 unspecified atom stereocenters. The second kappa shape index (κ2) is 6.98. The number of ether oxygens (including phenoxy) is 1. The number of hydrogen-bond donors (Lipinski definition) is 0. The number of morpholine rings is 1. The minimum atomic E-state index is 0.152. The molecule has 1 atom stereocenters. The van der Waals surface area contributed by atoms with Crippen LogP contribution in [-0.4, -0.2) is 45.5 Å². The number of nitrogens with zero attached hydrogens (tertiary/aromatic N) is 4. The highest BCUT2D eigenvalue weighted by Gasteiger charge is 2.22. The van der Waals surface area contributed by atoms with Crippen LogP contribution < -0.4 is 0 Å². The highest BCUT2D eigenvalue weighted by molar-refractivity contribution is 5.52. The lowest BCUT2D eigenvalue weighted by molar-refractivity contribution is -0.0405. The van der Waals surface area contributed by atoms with Crippen LogP contribution in [0.1, 0.15) is 5.69 Å². The predicted octanol–water partition coefficient (Wildman–Crippen LogP) is 2.44. The van der Waals surface area contributed by atoms with Crippen LogP contribution in [0.3, 0.4) is 0 Å². The van der Waals surface area contributed by atoms with E-state index in [1.54, 1.807) is 12.5 Å². The molecule has 1 aromatic carbocycles. The Morgan fingerprint density at radius 3 is 2.92 bits per heavy atom. The Bertz CT molecular complexity index is 754. The maximum absolute atomic E-state index is 5.85. The van der Waals surface area contributed by atoms with Crippen LogP contribution in [0.25, 0.3) is 11.5 Å². The van der Waals surface area contributed by atoms with Crippen molar-refractivity contribution < 1.29 is 9.15 Å². The molecule has 4 rings (SSSR count). The normalized spacial score (nSPS) is 18.8. The van der Waals surface area contributed by atoms with Crippen molar-refractivity contribution in [3.8, 4) is 11.5 Å². The van der Waals surface area contributed by atoms with Gasteiger partial charge in [0, 0.05) is 37.6 Å². The Balaban J connectivity index is 1.37. The van der Waals surface area contributed by atoms with Gasteiger partial charge in [-0.2, -0.15) is 5.10 Å². The van der Waals surface area contributed by atoms with Crippen molar-refractivity contribution in [1.29, 1.82) is 0 Å². The van der Waals surface area contributed by atoms with E-state index in [4.69, 9.17) is 9.15 Å². The first kappa shape index (κ1) is 15.1. The van der Waals surface area contributed by atoms with Gasteiger partial charge in [0.1, 0.15) is 6.26 Å². The zero-order valence-electron chi connectivity index (χ0n) is 13.4. The molecule has 24 heavy (non-hydrogen) atoms. The molecule has 1 saturated heterocycles. The van der Waals surface area contributed by atoms with Gasteiger partial charge < -0.3 is 9.15 Å². The minimum absolute atomic E-state index is 0.152. The molecule has 0 radical (unpaired) electrons. The van der Waals surface area contributed by atoms with E-state index in [2.05, 4.69) is 15.0 Å². The molecule has 0 aliphatic carbocycles. The first-order chi connectivity index (χ1) is 11.9. The SMILES string of the molecule is c1ccc(-c2nc(CN3CCO[C@H](Cn4cccn4)C3)co2)cc1. The number of hydrogen-bond acceptors (Lipinski definition) is 5. The zero-order valence-corrected chi connectivity index (χ0v) is 13.4. The summed E-state index contributed by atoms with van der Waals surface area (Å²) in [6.45, 7) is 4.05. The van der Waals surface area contributed by atoms with Crippen molar-refractivity contribution in [1.82, 2.24) is 19.7 Å². The molecule has 3 heterocycles. The van der Waals surface area contributed by atoms with E-state index < -0.39 is 0 Å². The van der Waals surface area contributed by atoms with Gasteiger partial charge in [0.2, 0.25) is 5.89 Å². The fourth-order valence-corrected chi connectivity index (χ4v) is 2.97. The lowest BCUT2D eigenvalue weighted by atomic mass is 10.2. The largest absolute Gasteiger partial charge is 0.444 e. The smallest absolute Gasteiger partial charge is 0.226 e. The summed E-state index contributed by atoms with van der Waals surface area (Å²) in [6.07, 6.45) is 5.66. The van der Waals surface area contributed by atoms with E-state index in [0.717, 1.165) is 44.0 Å². The molecule has 1 aliphatic heterocycles. The lowest BCUT2D eigenvalue weighted by Crippen LogP contribution is -2.43. The van der Waals surface area contributed by atoms with E-state index in [1.165, 1.54) is 0 Å². The number of oxazole rings is 1. The van der Waals surface area contributed by atoms with Gasteiger partial charge >= 0.3 is 0 Å². The molecule has 6 nitrogen and oxygen atoms in total. The predicted molar refractivity (Wildman–Crippen MR) is 89.2 cm³/mol. The van der Waals surface area contributed by atoms with E-state index in [1.807, 2.05) is 47.3 Å². The van der Waals surface area contributed by atoms with Crippen molar-refractivity contribution in [3.05, 3.63) is 60.7 Å². The fourth-order valence-electron chi connectivity index (χ4n) is 2.97. The van der Waals surface area contributed by atoms with Gasteiger partial charge in [-0.05, 0) is 18.2 Å². The molecule has 0 amide bonds. The van der Waals surface area contributed by atoms with Gasteiger partial charge in [0.15, 0.2) is 0 Å². The summed E-state index contributed by atoms with van der Waals surface area (Å²) in [5, 5.41) is 4.25. The summed E-state index contributed by atoms with van der Waals surface area (Å²) in [7, 11) is 0. The zero-order chi connectivity index (χ0) is 16.2. The van der Waals surface area contributed by atoms with Crippen LogP contribution in [0.15, 0.2) is 59.5 Å². The molecule has 124 valence electrons. The van der Waals surface area contributed by atoms with Gasteiger partial charge in [0.05, 0.1) is 24.9 Å². The van der Waals surface area contributed by atoms with Gasteiger partial charge in [-0.1, -0.05) is 18.2 Å². The van der Waals surface area contributed by atoms with Crippen LogP contribution in [-0.2, 0) is 17.8 Å². The summed E-state index contributed by atoms with van der Waals surface area (Å²) < 4.78 is 13.4. The van der Waals surface area contributed by atoms with Crippen LogP contribution in [0.4, 0.5) is 0 Å². The van der Waals surface area contributed by atoms with Gasteiger partial charge in [-0.15, -0.1) is 0 Å². The Morgan fingerprint density at radius 2 is 2.08 bits per heavy atom. The van der Waals surface area contributed by atoms with Crippen molar-refractivity contribution in [3.63, 3.8) is 0 Å². The van der Waals surface area contributed by atoms with Crippen LogP contribution in [0, 0.1) is 0 Å². The van der Waals surface area contributed by atoms with Gasteiger partial charge in [0.25, 0.3) is 0 Å². The maximum Gasteiger partial charge on any atom is 0.226 e.